The Morgan fingerprint density at radius 2 is 1.79 bits per heavy atom. The number of unbranched alkanes of at least 4 members (excludes halogenated alkanes) is 2. The molecule has 2 aromatic carbocycles. The van der Waals surface area contributed by atoms with E-state index < -0.39 is 16.1 Å². The minimum atomic E-state index is -3.67. The molecule has 0 atom stereocenters. The van der Waals surface area contributed by atoms with Crippen LogP contribution in [0.3, 0.4) is 0 Å². The number of rotatable bonds is 15. The van der Waals surface area contributed by atoms with Gasteiger partial charge in [-0.15, -0.1) is 0 Å². The van der Waals surface area contributed by atoms with Gasteiger partial charge in [-0.25, -0.2) is 4.79 Å². The fraction of sp³-hybridized carbons (Fsp3) is 0.423. The molecular weight excluding hydrogens is 456 g/mol. The fourth-order valence-corrected chi connectivity index (χ4v) is 4.32. The van der Waals surface area contributed by atoms with E-state index in [1.165, 1.54) is 7.11 Å². The summed E-state index contributed by atoms with van der Waals surface area (Å²) in [5.41, 5.74) is 2.83. The summed E-state index contributed by atoms with van der Waals surface area (Å²) in [4.78, 5) is 11.3. The number of hydrogen-bond donors (Lipinski definition) is 1. The Hall–Kier alpha value is -2.84. The zero-order valence-corrected chi connectivity index (χ0v) is 20.9. The molecule has 0 heterocycles. The number of allylic oxidation sites excluding steroid dienone is 1. The quantitative estimate of drug-likeness (QED) is 0.261. The van der Waals surface area contributed by atoms with Crippen molar-refractivity contribution in [1.82, 2.24) is 0 Å². The van der Waals surface area contributed by atoms with Gasteiger partial charge >= 0.3 is 16.1 Å². The number of carboxylic acids is 1. The van der Waals surface area contributed by atoms with Gasteiger partial charge in [0.15, 0.2) is 11.5 Å². The Bertz CT molecular complexity index is 1070. The Balaban J connectivity index is 2.14. The molecule has 0 saturated carbocycles. The number of hydrogen-bond acceptors (Lipinski definition) is 6. The summed E-state index contributed by atoms with van der Waals surface area (Å²) in [5, 5.41) is 9.30. The van der Waals surface area contributed by atoms with Crippen molar-refractivity contribution in [3.63, 3.8) is 0 Å². The van der Waals surface area contributed by atoms with Gasteiger partial charge in [0.2, 0.25) is 0 Å². The Morgan fingerprint density at radius 1 is 1.03 bits per heavy atom. The lowest BCUT2D eigenvalue weighted by Crippen LogP contribution is -2.14. The van der Waals surface area contributed by atoms with Gasteiger partial charge in [-0.1, -0.05) is 51.0 Å². The SMILES string of the molecule is CCCCOCc1cc(C(=O)O)ccc1/C=C/Cc1ccc(OS(=O)(=O)CCCC)c(OC)c1. The van der Waals surface area contributed by atoms with E-state index in [2.05, 4.69) is 6.92 Å². The second-order valence-electron chi connectivity index (χ2n) is 7.92. The van der Waals surface area contributed by atoms with Crippen LogP contribution < -0.4 is 8.92 Å². The van der Waals surface area contributed by atoms with Crippen LogP contribution >= 0.6 is 0 Å². The predicted octanol–water partition coefficient (Wildman–Crippen LogP) is 5.47. The molecule has 0 aromatic heterocycles. The van der Waals surface area contributed by atoms with E-state index in [0.29, 0.717) is 31.8 Å². The molecule has 0 amide bonds. The number of aromatic carboxylic acids is 1. The summed E-state index contributed by atoms with van der Waals surface area (Å²) < 4.78 is 40.5. The van der Waals surface area contributed by atoms with Crippen molar-refractivity contribution in [3.05, 3.63) is 64.7 Å². The van der Waals surface area contributed by atoms with E-state index in [1.54, 1.807) is 36.4 Å². The van der Waals surface area contributed by atoms with Crippen molar-refractivity contribution in [2.75, 3.05) is 19.5 Å². The first-order valence-electron chi connectivity index (χ1n) is 11.5. The predicted molar refractivity (Wildman–Crippen MR) is 133 cm³/mol. The van der Waals surface area contributed by atoms with Crippen LogP contribution in [0.2, 0.25) is 0 Å². The summed E-state index contributed by atoms with van der Waals surface area (Å²) >= 11 is 0. The minimum Gasteiger partial charge on any atom is -0.493 e. The van der Waals surface area contributed by atoms with Crippen molar-refractivity contribution in [3.8, 4) is 11.5 Å². The molecule has 0 aliphatic rings. The Labute approximate surface area is 202 Å². The van der Waals surface area contributed by atoms with Crippen LogP contribution in [0, 0.1) is 0 Å². The number of carbonyl (C=O) groups is 1. The van der Waals surface area contributed by atoms with Crippen molar-refractivity contribution in [1.29, 1.82) is 0 Å². The zero-order valence-electron chi connectivity index (χ0n) is 20.1. The maximum atomic E-state index is 12.1. The molecule has 0 aliphatic carbocycles. The normalized spacial score (nSPS) is 11.6. The van der Waals surface area contributed by atoms with Gasteiger partial charge in [0.1, 0.15) is 0 Å². The van der Waals surface area contributed by atoms with E-state index in [4.69, 9.17) is 13.7 Å². The van der Waals surface area contributed by atoms with E-state index in [9.17, 15) is 18.3 Å². The molecule has 0 spiro atoms. The smallest absolute Gasteiger partial charge is 0.335 e. The molecule has 2 aromatic rings. The molecule has 7 nitrogen and oxygen atoms in total. The number of ether oxygens (including phenoxy) is 2. The zero-order chi connectivity index (χ0) is 25.0. The molecule has 2 rings (SSSR count). The van der Waals surface area contributed by atoms with Crippen LogP contribution in [0.4, 0.5) is 0 Å². The van der Waals surface area contributed by atoms with Crippen LogP contribution in [0.15, 0.2) is 42.5 Å². The number of carboxylic acid groups (broad SMARTS) is 1. The Kier molecular flexibility index (Phi) is 11.1. The second-order valence-corrected chi connectivity index (χ2v) is 9.61. The third-order valence-corrected chi connectivity index (χ3v) is 6.36. The van der Waals surface area contributed by atoms with Gasteiger partial charge in [-0.2, -0.15) is 8.42 Å². The highest BCUT2D eigenvalue weighted by molar-refractivity contribution is 7.87. The largest absolute Gasteiger partial charge is 0.493 e. The second kappa shape index (κ2) is 13.8. The third-order valence-electron chi connectivity index (χ3n) is 5.13. The molecule has 0 saturated heterocycles. The highest BCUT2D eigenvalue weighted by Crippen LogP contribution is 2.30. The molecule has 0 radical (unpaired) electrons. The highest BCUT2D eigenvalue weighted by atomic mass is 32.2. The van der Waals surface area contributed by atoms with E-state index in [0.717, 1.165) is 36.0 Å². The Morgan fingerprint density at radius 3 is 2.47 bits per heavy atom. The summed E-state index contributed by atoms with van der Waals surface area (Å²) in [6.45, 7) is 4.97. The van der Waals surface area contributed by atoms with Crippen LogP contribution in [0.25, 0.3) is 6.08 Å². The maximum Gasteiger partial charge on any atom is 0.335 e. The van der Waals surface area contributed by atoms with Crippen LogP contribution in [0.5, 0.6) is 11.5 Å². The van der Waals surface area contributed by atoms with Gasteiger partial charge in [0.25, 0.3) is 0 Å². The van der Waals surface area contributed by atoms with E-state index in [-0.39, 0.29) is 17.1 Å². The third kappa shape index (κ3) is 8.83. The first-order chi connectivity index (χ1) is 16.3. The van der Waals surface area contributed by atoms with Crippen LogP contribution in [-0.4, -0.2) is 39.0 Å². The molecule has 0 fully saturated rings. The van der Waals surface area contributed by atoms with E-state index >= 15 is 0 Å². The van der Waals surface area contributed by atoms with Gasteiger partial charge < -0.3 is 18.8 Å². The average molecular weight is 491 g/mol. The maximum absolute atomic E-state index is 12.1. The van der Waals surface area contributed by atoms with Crippen molar-refractivity contribution in [2.45, 2.75) is 52.6 Å². The topological polar surface area (TPSA) is 99.1 Å². The molecular formula is C26H34O7S. The lowest BCUT2D eigenvalue weighted by molar-refractivity contribution is 0.0696. The highest BCUT2D eigenvalue weighted by Gasteiger charge is 2.16. The molecule has 34 heavy (non-hydrogen) atoms. The number of methoxy groups -OCH3 is 1. The van der Waals surface area contributed by atoms with Gasteiger partial charge in [0, 0.05) is 6.61 Å². The van der Waals surface area contributed by atoms with Gasteiger partial charge in [-0.05, 0) is 60.2 Å². The monoisotopic (exact) mass is 490 g/mol. The summed E-state index contributed by atoms with van der Waals surface area (Å²) in [5.74, 6) is -0.497. The minimum absolute atomic E-state index is 0.0394. The molecule has 0 unspecified atom stereocenters. The first kappa shape index (κ1) is 27.4. The number of benzene rings is 2. The standard InChI is InChI=1S/C26H34O7S/c1-4-6-15-32-19-23-18-22(26(27)28)13-12-21(23)10-8-9-20-11-14-24(25(17-20)31-3)33-34(29,30)16-7-5-2/h8,10-14,17-18H,4-7,9,15-16,19H2,1-3H3,(H,27,28)/b10-8+. The van der Waals surface area contributed by atoms with Crippen molar-refractivity contribution in [2.24, 2.45) is 0 Å². The van der Waals surface area contributed by atoms with Gasteiger partial charge in [-0.3, -0.25) is 0 Å². The lowest BCUT2D eigenvalue weighted by atomic mass is 10.0. The van der Waals surface area contributed by atoms with Crippen molar-refractivity contribution >= 4 is 22.2 Å². The fourth-order valence-electron chi connectivity index (χ4n) is 3.18. The molecule has 0 bridgehead atoms. The van der Waals surface area contributed by atoms with Crippen molar-refractivity contribution < 1.29 is 32.0 Å². The van der Waals surface area contributed by atoms with Gasteiger partial charge in [0.05, 0.1) is 25.0 Å². The lowest BCUT2D eigenvalue weighted by Gasteiger charge is -2.12. The summed E-state index contributed by atoms with van der Waals surface area (Å²) in [6, 6.07) is 10.1. The van der Waals surface area contributed by atoms with E-state index in [1.807, 2.05) is 19.1 Å². The molecule has 8 heteroatoms. The average Bonchev–Trinajstić information content (AvgIpc) is 2.81. The molecule has 1 N–H and O–H groups in total. The summed E-state index contributed by atoms with van der Waals surface area (Å²) in [6.07, 6.45) is 7.72. The molecule has 0 aliphatic heterocycles. The molecule has 186 valence electrons. The summed E-state index contributed by atoms with van der Waals surface area (Å²) in [7, 11) is -2.20. The van der Waals surface area contributed by atoms with Crippen LogP contribution in [-0.2, 0) is 27.9 Å². The van der Waals surface area contributed by atoms with Crippen LogP contribution in [0.1, 0.15) is 66.6 Å². The first-order valence-corrected chi connectivity index (χ1v) is 13.1.